The summed E-state index contributed by atoms with van der Waals surface area (Å²) in [5.41, 5.74) is 5.27. The molecule has 0 saturated heterocycles. The minimum absolute atomic E-state index is 0.0420. The van der Waals surface area contributed by atoms with Gasteiger partial charge in [0.05, 0.1) is 5.69 Å². The van der Waals surface area contributed by atoms with Crippen LogP contribution in [0.15, 0.2) is 11.4 Å². The van der Waals surface area contributed by atoms with Crippen LogP contribution < -0.4 is 16.4 Å². The zero-order valence-corrected chi connectivity index (χ0v) is 12.0. The van der Waals surface area contributed by atoms with E-state index in [9.17, 15) is 14.4 Å². The lowest BCUT2D eigenvalue weighted by Crippen LogP contribution is -2.49. The van der Waals surface area contributed by atoms with Crippen LogP contribution in [0, 0.1) is 5.92 Å². The zero-order chi connectivity index (χ0) is 15.3. The molecule has 0 aliphatic carbocycles. The second-order valence-corrected chi connectivity index (χ2v) is 5.25. The minimum atomic E-state index is -1.11. The monoisotopic (exact) mass is 299 g/mol. The van der Waals surface area contributed by atoms with Crippen molar-refractivity contribution in [3.8, 4) is 0 Å². The van der Waals surface area contributed by atoms with Gasteiger partial charge in [-0.05, 0) is 17.4 Å². The van der Waals surface area contributed by atoms with E-state index in [1.807, 2.05) is 6.92 Å². The molecule has 1 heterocycles. The Morgan fingerprint density at radius 3 is 2.60 bits per heavy atom. The van der Waals surface area contributed by atoms with Crippen molar-refractivity contribution >= 4 is 34.9 Å². The molecule has 3 amide bonds. The highest BCUT2D eigenvalue weighted by Crippen LogP contribution is 2.23. The van der Waals surface area contributed by atoms with Gasteiger partial charge in [-0.2, -0.15) is 0 Å². The summed E-state index contributed by atoms with van der Waals surface area (Å²) < 4.78 is 0. The number of hydrogen-bond donors (Lipinski definition) is 4. The van der Waals surface area contributed by atoms with Crippen molar-refractivity contribution in [2.24, 2.45) is 11.7 Å². The van der Waals surface area contributed by atoms with Gasteiger partial charge in [0.25, 0.3) is 0 Å². The number of hydrogen-bond acceptors (Lipinski definition) is 4. The van der Waals surface area contributed by atoms with Gasteiger partial charge >= 0.3 is 12.0 Å². The predicted octanol–water partition coefficient (Wildman–Crippen LogP) is 1.47. The van der Waals surface area contributed by atoms with Gasteiger partial charge in [0.1, 0.15) is 10.9 Å². The van der Waals surface area contributed by atoms with E-state index in [4.69, 9.17) is 10.8 Å². The summed E-state index contributed by atoms with van der Waals surface area (Å²) in [4.78, 5) is 34.1. The maximum absolute atomic E-state index is 12.2. The summed E-state index contributed by atoms with van der Waals surface area (Å²) in [6.07, 6.45) is 0.661. The van der Waals surface area contributed by atoms with Gasteiger partial charge in [0, 0.05) is 0 Å². The number of thiophene rings is 1. The molecule has 0 bridgehead atoms. The van der Waals surface area contributed by atoms with Crippen LogP contribution in [0.5, 0.6) is 0 Å². The first-order valence-corrected chi connectivity index (χ1v) is 6.92. The Bertz CT molecular complexity index is 515. The number of amides is 3. The van der Waals surface area contributed by atoms with E-state index in [-0.39, 0.29) is 16.5 Å². The molecule has 0 aliphatic rings. The van der Waals surface area contributed by atoms with Crippen molar-refractivity contribution in [2.45, 2.75) is 26.3 Å². The van der Waals surface area contributed by atoms with Crippen LogP contribution in [0.4, 0.5) is 10.5 Å². The summed E-state index contributed by atoms with van der Waals surface area (Å²) in [5, 5.41) is 15.4. The first kappa shape index (κ1) is 16.0. The van der Waals surface area contributed by atoms with E-state index < -0.39 is 23.9 Å². The number of carboxylic acid groups (broad SMARTS) is 1. The van der Waals surface area contributed by atoms with Crippen molar-refractivity contribution in [3.05, 3.63) is 16.3 Å². The Morgan fingerprint density at radius 1 is 1.45 bits per heavy atom. The Labute approximate surface area is 120 Å². The van der Waals surface area contributed by atoms with Crippen molar-refractivity contribution in [2.75, 3.05) is 5.32 Å². The van der Waals surface area contributed by atoms with Crippen LogP contribution in [0.1, 0.15) is 29.9 Å². The molecule has 1 aromatic rings. The summed E-state index contributed by atoms with van der Waals surface area (Å²) in [5.74, 6) is -1.73. The lowest BCUT2D eigenvalue weighted by Gasteiger charge is -2.22. The largest absolute Gasteiger partial charge is 0.477 e. The Morgan fingerprint density at radius 2 is 2.10 bits per heavy atom. The Kier molecular flexibility index (Phi) is 5.51. The third kappa shape index (κ3) is 3.95. The van der Waals surface area contributed by atoms with E-state index >= 15 is 0 Å². The highest BCUT2D eigenvalue weighted by atomic mass is 32.1. The lowest BCUT2D eigenvalue weighted by molar-refractivity contribution is -0.119. The predicted molar refractivity (Wildman–Crippen MR) is 75.9 cm³/mol. The number of aromatic carboxylic acids is 1. The summed E-state index contributed by atoms with van der Waals surface area (Å²) in [6, 6.07) is -0.0995. The first-order valence-electron chi connectivity index (χ1n) is 6.04. The number of urea groups is 1. The molecule has 2 unspecified atom stereocenters. The molecule has 1 rings (SSSR count). The van der Waals surface area contributed by atoms with Gasteiger partial charge in [0.15, 0.2) is 0 Å². The van der Waals surface area contributed by atoms with Crippen LogP contribution in [-0.2, 0) is 4.79 Å². The van der Waals surface area contributed by atoms with Crippen molar-refractivity contribution < 1.29 is 19.5 Å². The normalized spacial score (nSPS) is 13.3. The summed E-state index contributed by atoms with van der Waals surface area (Å²) in [6.45, 7) is 3.67. The molecule has 2 atom stereocenters. The number of primary amides is 1. The fourth-order valence-electron chi connectivity index (χ4n) is 1.64. The van der Waals surface area contributed by atoms with Crippen LogP contribution >= 0.6 is 11.3 Å². The molecule has 5 N–H and O–H groups in total. The molecule has 20 heavy (non-hydrogen) atoms. The molecule has 8 heteroatoms. The SMILES string of the molecule is CCC(C)C(NC(N)=O)C(=O)Nc1ccsc1C(=O)O. The number of anilines is 1. The fraction of sp³-hybridized carbons (Fsp3) is 0.417. The standard InChI is InChI=1S/C12H17N3O4S/c1-3-6(2)8(15-12(13)19)10(16)14-7-4-5-20-9(7)11(17)18/h4-6,8H,3H2,1-2H3,(H,14,16)(H,17,18)(H3,13,15,19). The van der Waals surface area contributed by atoms with Crippen LogP contribution in [0.2, 0.25) is 0 Å². The van der Waals surface area contributed by atoms with Gasteiger partial charge in [-0.3, -0.25) is 4.79 Å². The van der Waals surface area contributed by atoms with Crippen LogP contribution in [0.25, 0.3) is 0 Å². The minimum Gasteiger partial charge on any atom is -0.477 e. The average Bonchev–Trinajstić information content (AvgIpc) is 2.82. The van der Waals surface area contributed by atoms with E-state index in [0.29, 0.717) is 6.42 Å². The maximum atomic E-state index is 12.2. The van der Waals surface area contributed by atoms with Crippen molar-refractivity contribution in [1.29, 1.82) is 0 Å². The molecule has 1 aromatic heterocycles. The topological polar surface area (TPSA) is 122 Å². The maximum Gasteiger partial charge on any atom is 0.348 e. The number of nitrogens with two attached hydrogens (primary N) is 1. The third-order valence-electron chi connectivity index (χ3n) is 2.91. The first-order chi connectivity index (χ1) is 9.36. The van der Waals surface area contributed by atoms with E-state index in [1.165, 1.54) is 6.07 Å². The molecule has 0 aromatic carbocycles. The average molecular weight is 299 g/mol. The number of nitrogens with one attached hydrogen (secondary N) is 2. The molecular weight excluding hydrogens is 282 g/mol. The van der Waals surface area contributed by atoms with E-state index in [0.717, 1.165) is 11.3 Å². The van der Waals surface area contributed by atoms with Gasteiger partial charge in [-0.1, -0.05) is 20.3 Å². The number of carbonyl (C=O) groups is 3. The number of carboxylic acids is 1. The molecule has 110 valence electrons. The van der Waals surface area contributed by atoms with Crippen LogP contribution in [-0.4, -0.2) is 29.1 Å². The third-order valence-corrected chi connectivity index (χ3v) is 3.81. The zero-order valence-electron chi connectivity index (χ0n) is 11.2. The quantitative estimate of drug-likeness (QED) is 0.635. The van der Waals surface area contributed by atoms with Crippen molar-refractivity contribution in [3.63, 3.8) is 0 Å². The fourth-order valence-corrected chi connectivity index (χ4v) is 2.33. The van der Waals surface area contributed by atoms with E-state index in [1.54, 1.807) is 12.3 Å². The number of rotatable bonds is 6. The molecule has 0 radical (unpaired) electrons. The summed E-state index contributed by atoms with van der Waals surface area (Å²) >= 11 is 1.01. The van der Waals surface area contributed by atoms with Gasteiger partial charge in [-0.15, -0.1) is 11.3 Å². The summed E-state index contributed by atoms with van der Waals surface area (Å²) in [7, 11) is 0. The van der Waals surface area contributed by atoms with Crippen LogP contribution in [0.3, 0.4) is 0 Å². The van der Waals surface area contributed by atoms with Gasteiger partial charge in [-0.25, -0.2) is 9.59 Å². The van der Waals surface area contributed by atoms with Gasteiger partial charge < -0.3 is 21.5 Å². The highest BCUT2D eigenvalue weighted by molar-refractivity contribution is 7.12. The van der Waals surface area contributed by atoms with E-state index in [2.05, 4.69) is 10.6 Å². The second-order valence-electron chi connectivity index (χ2n) is 4.33. The molecule has 0 fully saturated rings. The molecular formula is C12H17N3O4S. The smallest absolute Gasteiger partial charge is 0.348 e. The Hall–Kier alpha value is -2.09. The molecule has 0 aliphatic heterocycles. The lowest BCUT2D eigenvalue weighted by atomic mass is 9.98. The molecule has 7 nitrogen and oxygen atoms in total. The second kappa shape index (κ2) is 6.90. The highest BCUT2D eigenvalue weighted by Gasteiger charge is 2.26. The van der Waals surface area contributed by atoms with Crippen molar-refractivity contribution in [1.82, 2.24) is 5.32 Å². The molecule has 0 spiro atoms. The van der Waals surface area contributed by atoms with Gasteiger partial charge in [0.2, 0.25) is 5.91 Å². The Balaban J connectivity index is 2.87. The number of carbonyl (C=O) groups excluding carboxylic acids is 2. The molecule has 0 saturated carbocycles.